The molecule has 0 aliphatic rings. The van der Waals surface area contributed by atoms with Crippen LogP contribution in [0.2, 0.25) is 0 Å². The fourth-order valence-corrected chi connectivity index (χ4v) is 3.61. The minimum atomic E-state index is 0.0607. The van der Waals surface area contributed by atoms with Crippen molar-refractivity contribution in [1.29, 1.82) is 0 Å². The number of nitrogens with two attached hydrogens (primary N) is 1. The van der Waals surface area contributed by atoms with Gasteiger partial charge < -0.3 is 20.9 Å². The maximum atomic E-state index is 12.0. The molecule has 182 valence electrons. The number of hydrogen-bond acceptors (Lipinski definition) is 4. The Bertz CT molecular complexity index is 631. The zero-order valence-electron chi connectivity index (χ0n) is 20.2. The van der Waals surface area contributed by atoms with Gasteiger partial charge >= 0.3 is 0 Å². The smallest absolute Gasteiger partial charge is 0.220 e. The molecule has 0 radical (unpaired) electrons. The van der Waals surface area contributed by atoms with Crippen LogP contribution in [0.1, 0.15) is 102 Å². The summed E-state index contributed by atoms with van der Waals surface area (Å²) in [6.45, 7) is 3.43. The summed E-state index contributed by atoms with van der Waals surface area (Å²) >= 11 is 0. The van der Waals surface area contributed by atoms with E-state index >= 15 is 0 Å². The first kappa shape index (κ1) is 28.0. The Morgan fingerprint density at radius 1 is 0.969 bits per heavy atom. The number of benzene rings is 1. The maximum absolute atomic E-state index is 12.0. The molecule has 1 aromatic carbocycles. The Balaban J connectivity index is 1.96. The van der Waals surface area contributed by atoms with Crippen molar-refractivity contribution in [2.45, 2.75) is 103 Å². The predicted octanol–water partition coefficient (Wildman–Crippen LogP) is 6.38. The van der Waals surface area contributed by atoms with E-state index in [1.165, 1.54) is 70.6 Å². The highest BCUT2D eigenvalue weighted by Crippen LogP contribution is 2.26. The molecule has 0 saturated carbocycles. The monoisotopic (exact) mass is 446 g/mol. The second kappa shape index (κ2) is 19.7. The van der Waals surface area contributed by atoms with E-state index in [4.69, 9.17) is 10.5 Å². The first-order valence-corrected chi connectivity index (χ1v) is 12.7. The Morgan fingerprint density at radius 2 is 1.59 bits per heavy atom. The molecular weight excluding hydrogens is 400 g/mol. The highest BCUT2D eigenvalue weighted by Gasteiger charge is 2.06. The third-order valence-corrected chi connectivity index (χ3v) is 5.55. The number of allylic oxidation sites excluding steroid dienone is 2. The third-order valence-electron chi connectivity index (χ3n) is 5.55. The average Bonchev–Trinajstić information content (AvgIpc) is 2.79. The number of phenolic OH excluding ortho intramolecular Hbond substituents is 1. The number of nitrogens with one attached hydrogen (secondary N) is 1. The summed E-state index contributed by atoms with van der Waals surface area (Å²) in [5, 5.41) is 12.9. The molecule has 32 heavy (non-hydrogen) atoms. The van der Waals surface area contributed by atoms with Gasteiger partial charge in [0, 0.05) is 19.5 Å². The average molecular weight is 447 g/mol. The summed E-state index contributed by atoms with van der Waals surface area (Å²) in [4.78, 5) is 12.0. The molecule has 0 aromatic heterocycles. The summed E-state index contributed by atoms with van der Waals surface area (Å²) in [7, 11) is 0. The number of phenols is 1. The van der Waals surface area contributed by atoms with Gasteiger partial charge in [0.15, 0.2) is 11.5 Å². The van der Waals surface area contributed by atoms with Gasteiger partial charge in [-0.3, -0.25) is 4.79 Å². The quantitative estimate of drug-likeness (QED) is 0.160. The van der Waals surface area contributed by atoms with Crippen molar-refractivity contribution in [1.82, 2.24) is 5.32 Å². The van der Waals surface area contributed by atoms with Gasteiger partial charge in [0.25, 0.3) is 0 Å². The molecule has 0 unspecified atom stereocenters. The van der Waals surface area contributed by atoms with Crippen molar-refractivity contribution in [3.8, 4) is 11.5 Å². The zero-order valence-corrected chi connectivity index (χ0v) is 20.2. The number of amides is 1. The summed E-state index contributed by atoms with van der Waals surface area (Å²) in [5.74, 6) is 0.548. The highest BCUT2D eigenvalue weighted by molar-refractivity contribution is 5.75. The molecule has 0 bridgehead atoms. The van der Waals surface area contributed by atoms with E-state index in [2.05, 4.69) is 24.4 Å². The Kier molecular flexibility index (Phi) is 17.2. The van der Waals surface area contributed by atoms with Crippen LogP contribution in [0.25, 0.3) is 0 Å². The van der Waals surface area contributed by atoms with E-state index in [1.54, 1.807) is 12.1 Å². The SMILES string of the molecule is CCCCCCCCC=CCCCCCCCC(=O)NCc1ccc(OCCN)c(O)c1. The van der Waals surface area contributed by atoms with Crippen LogP contribution in [-0.2, 0) is 11.3 Å². The van der Waals surface area contributed by atoms with Gasteiger partial charge in [-0.25, -0.2) is 0 Å². The third kappa shape index (κ3) is 14.9. The molecule has 5 heteroatoms. The number of carbonyl (C=O) groups excluding carboxylic acids is 1. The number of rotatable bonds is 20. The summed E-state index contributed by atoms with van der Waals surface area (Å²) in [6, 6.07) is 5.17. The lowest BCUT2D eigenvalue weighted by Crippen LogP contribution is -2.22. The summed E-state index contributed by atoms with van der Waals surface area (Å²) < 4.78 is 5.34. The molecule has 5 nitrogen and oxygen atoms in total. The van der Waals surface area contributed by atoms with Gasteiger partial charge in [-0.05, 0) is 49.8 Å². The van der Waals surface area contributed by atoms with E-state index in [1.807, 2.05) is 6.07 Å². The van der Waals surface area contributed by atoms with Gasteiger partial charge in [0.05, 0.1) is 0 Å². The van der Waals surface area contributed by atoms with Crippen LogP contribution in [0.15, 0.2) is 30.4 Å². The van der Waals surface area contributed by atoms with Crippen molar-refractivity contribution >= 4 is 5.91 Å². The first-order chi connectivity index (χ1) is 15.7. The fraction of sp³-hybridized carbons (Fsp3) is 0.667. The van der Waals surface area contributed by atoms with E-state index < -0.39 is 0 Å². The Labute approximate surface area is 195 Å². The normalized spacial score (nSPS) is 11.2. The van der Waals surface area contributed by atoms with Crippen LogP contribution in [0.5, 0.6) is 11.5 Å². The largest absolute Gasteiger partial charge is 0.504 e. The molecule has 4 N–H and O–H groups in total. The number of carbonyl (C=O) groups is 1. The lowest BCUT2D eigenvalue weighted by atomic mass is 10.1. The molecule has 1 rings (SSSR count). The van der Waals surface area contributed by atoms with E-state index in [0.717, 1.165) is 18.4 Å². The van der Waals surface area contributed by atoms with Gasteiger partial charge in [0.2, 0.25) is 5.91 Å². The van der Waals surface area contributed by atoms with Gasteiger partial charge in [-0.2, -0.15) is 0 Å². The van der Waals surface area contributed by atoms with Crippen LogP contribution in [0, 0.1) is 0 Å². The summed E-state index contributed by atoms with van der Waals surface area (Å²) in [5.41, 5.74) is 6.24. The minimum Gasteiger partial charge on any atom is -0.504 e. The lowest BCUT2D eigenvalue weighted by Gasteiger charge is -2.09. The summed E-state index contributed by atoms with van der Waals surface area (Å²) in [6.07, 6.45) is 21.5. The Hall–Kier alpha value is -2.01. The molecule has 0 spiro atoms. The molecular formula is C27H46N2O3. The van der Waals surface area contributed by atoms with Crippen LogP contribution in [0.3, 0.4) is 0 Å². The second-order valence-electron chi connectivity index (χ2n) is 8.55. The topological polar surface area (TPSA) is 84.6 Å². The first-order valence-electron chi connectivity index (χ1n) is 12.7. The molecule has 0 fully saturated rings. The molecule has 0 aliphatic heterocycles. The predicted molar refractivity (Wildman–Crippen MR) is 134 cm³/mol. The van der Waals surface area contributed by atoms with Crippen LogP contribution in [0.4, 0.5) is 0 Å². The highest BCUT2D eigenvalue weighted by atomic mass is 16.5. The number of unbranched alkanes of at least 4 members (excludes halogenated alkanes) is 11. The minimum absolute atomic E-state index is 0.0607. The second-order valence-corrected chi connectivity index (χ2v) is 8.55. The molecule has 0 heterocycles. The Morgan fingerprint density at radius 3 is 2.22 bits per heavy atom. The lowest BCUT2D eigenvalue weighted by molar-refractivity contribution is -0.121. The number of aromatic hydroxyl groups is 1. The zero-order chi connectivity index (χ0) is 23.3. The van der Waals surface area contributed by atoms with Crippen molar-refractivity contribution < 1.29 is 14.6 Å². The van der Waals surface area contributed by atoms with Gasteiger partial charge in [0.1, 0.15) is 6.61 Å². The fourth-order valence-electron chi connectivity index (χ4n) is 3.61. The van der Waals surface area contributed by atoms with E-state index in [0.29, 0.717) is 31.9 Å². The standard InChI is InChI=1S/C27H46N2O3/c1-2-3-4-5-6-7-8-9-10-11-12-13-14-15-16-17-27(31)29-23-24-18-19-26(25(30)22-24)32-21-20-28/h9-10,18-19,22,30H,2-8,11-17,20-21,23,28H2,1H3,(H,29,31). The number of hydrogen-bond donors (Lipinski definition) is 3. The molecule has 0 atom stereocenters. The number of ether oxygens (including phenoxy) is 1. The molecule has 1 amide bonds. The molecule has 1 aromatic rings. The van der Waals surface area contributed by atoms with E-state index in [-0.39, 0.29) is 11.7 Å². The molecule has 0 saturated heterocycles. The van der Waals surface area contributed by atoms with Crippen molar-refractivity contribution in [2.24, 2.45) is 5.73 Å². The van der Waals surface area contributed by atoms with Crippen molar-refractivity contribution in [2.75, 3.05) is 13.2 Å². The van der Waals surface area contributed by atoms with Crippen LogP contribution < -0.4 is 15.8 Å². The van der Waals surface area contributed by atoms with Crippen LogP contribution in [-0.4, -0.2) is 24.2 Å². The van der Waals surface area contributed by atoms with Crippen LogP contribution >= 0.6 is 0 Å². The molecule has 0 aliphatic carbocycles. The van der Waals surface area contributed by atoms with E-state index in [9.17, 15) is 9.90 Å². The van der Waals surface area contributed by atoms with Crippen molar-refractivity contribution in [3.05, 3.63) is 35.9 Å². The van der Waals surface area contributed by atoms with Crippen molar-refractivity contribution in [3.63, 3.8) is 0 Å². The van der Waals surface area contributed by atoms with Gasteiger partial charge in [-0.15, -0.1) is 0 Å². The maximum Gasteiger partial charge on any atom is 0.220 e. The van der Waals surface area contributed by atoms with Gasteiger partial charge in [-0.1, -0.05) is 76.5 Å².